The van der Waals surface area contributed by atoms with Gasteiger partial charge >= 0.3 is 0 Å². The summed E-state index contributed by atoms with van der Waals surface area (Å²) in [5.74, 6) is -0.554. The molecular weight excluding hydrogens is 486 g/mol. The van der Waals surface area contributed by atoms with Crippen LogP contribution < -0.4 is 14.3 Å². The minimum atomic E-state index is -3.81. The Morgan fingerprint density at radius 2 is 1.37 bits per heavy atom. The second-order valence-corrected chi connectivity index (χ2v) is 12.0. The van der Waals surface area contributed by atoms with E-state index in [0.717, 1.165) is 27.3 Å². The molecule has 0 aliphatic carbocycles. The number of sulfonamides is 2. The number of benzene rings is 3. The number of aryl methyl sites for hydroxylation is 3. The predicted octanol–water partition coefficient (Wildman–Crippen LogP) is 4.21. The van der Waals surface area contributed by atoms with Crippen LogP contribution in [0, 0.1) is 20.8 Å². The van der Waals surface area contributed by atoms with E-state index in [-0.39, 0.29) is 4.90 Å². The summed E-state index contributed by atoms with van der Waals surface area (Å²) in [6.07, 6.45) is 1.05. The minimum absolute atomic E-state index is 0.0250. The van der Waals surface area contributed by atoms with Crippen molar-refractivity contribution in [3.8, 4) is 0 Å². The average molecular weight is 516 g/mol. The van der Waals surface area contributed by atoms with Crippen LogP contribution >= 0.6 is 0 Å². The van der Waals surface area contributed by atoms with E-state index in [9.17, 15) is 21.6 Å². The number of hydrogen-bond acceptors (Lipinski definition) is 5. The third kappa shape index (κ3) is 6.40. The van der Waals surface area contributed by atoms with Gasteiger partial charge in [0.15, 0.2) is 0 Å². The van der Waals surface area contributed by atoms with Crippen molar-refractivity contribution in [1.82, 2.24) is 0 Å². The Kier molecular flexibility index (Phi) is 7.56. The van der Waals surface area contributed by atoms with Gasteiger partial charge in [-0.15, -0.1) is 0 Å². The Bertz CT molecular complexity index is 1430. The summed E-state index contributed by atoms with van der Waals surface area (Å²) >= 11 is 0. The topological polar surface area (TPSA) is 113 Å². The van der Waals surface area contributed by atoms with Crippen molar-refractivity contribution in [2.45, 2.75) is 38.6 Å². The number of nitrogens with one attached hydrogen (secondary N) is 2. The number of hydrogen-bond donors (Lipinski definition) is 2. The maximum absolute atomic E-state index is 12.9. The van der Waals surface area contributed by atoms with E-state index >= 15 is 0 Å². The minimum Gasteiger partial charge on any atom is -0.324 e. The van der Waals surface area contributed by atoms with Gasteiger partial charge in [-0.1, -0.05) is 23.8 Å². The molecule has 10 heteroatoms. The SMILES string of the molecule is Cc1ccc(NS(=O)(=O)c2ccc(NC(=O)[C@@H](C)N(c3ccc(C)c(C)c3)S(C)(=O)=O)cc2)cc1. The molecule has 186 valence electrons. The second-order valence-electron chi connectivity index (χ2n) is 8.49. The molecule has 0 aliphatic rings. The van der Waals surface area contributed by atoms with Crippen molar-refractivity contribution in [2.24, 2.45) is 0 Å². The van der Waals surface area contributed by atoms with Gasteiger partial charge < -0.3 is 5.32 Å². The van der Waals surface area contributed by atoms with Gasteiger partial charge in [-0.3, -0.25) is 13.8 Å². The molecule has 0 heterocycles. The maximum atomic E-state index is 12.9. The second kappa shape index (κ2) is 10.1. The molecule has 3 rings (SSSR count). The summed E-state index contributed by atoms with van der Waals surface area (Å²) in [4.78, 5) is 13.0. The molecule has 3 aromatic carbocycles. The van der Waals surface area contributed by atoms with Gasteiger partial charge in [-0.05, 0) is 87.4 Å². The van der Waals surface area contributed by atoms with Crippen LogP contribution in [-0.4, -0.2) is 35.0 Å². The van der Waals surface area contributed by atoms with Crippen molar-refractivity contribution in [1.29, 1.82) is 0 Å². The summed E-state index contributed by atoms with van der Waals surface area (Å²) in [6, 6.07) is 16.7. The standard InChI is InChI=1S/C25H29N3O5S2/c1-17-6-9-22(10-7-17)27-35(32,33)24-14-11-21(12-15-24)26-25(29)20(4)28(34(5,30)31)23-13-8-18(2)19(3)16-23/h6-16,20,27H,1-5H3,(H,26,29)/t20-/m1/s1. The van der Waals surface area contributed by atoms with Crippen LogP contribution in [0.4, 0.5) is 17.1 Å². The van der Waals surface area contributed by atoms with E-state index in [4.69, 9.17) is 0 Å². The van der Waals surface area contributed by atoms with Crippen molar-refractivity contribution < 1.29 is 21.6 Å². The smallest absolute Gasteiger partial charge is 0.261 e. The van der Waals surface area contributed by atoms with Crippen molar-refractivity contribution in [2.75, 3.05) is 20.6 Å². The van der Waals surface area contributed by atoms with Gasteiger partial charge in [-0.2, -0.15) is 0 Å². The summed E-state index contributed by atoms with van der Waals surface area (Å²) in [7, 11) is -7.57. The summed E-state index contributed by atoms with van der Waals surface area (Å²) in [5.41, 5.74) is 4.08. The van der Waals surface area contributed by atoms with Crippen LogP contribution in [-0.2, 0) is 24.8 Å². The molecule has 0 unspecified atom stereocenters. The molecule has 8 nitrogen and oxygen atoms in total. The molecule has 0 saturated heterocycles. The highest BCUT2D eigenvalue weighted by atomic mass is 32.2. The number of carbonyl (C=O) groups is 1. The lowest BCUT2D eigenvalue weighted by molar-refractivity contribution is -0.116. The summed E-state index contributed by atoms with van der Waals surface area (Å²) < 4.78 is 54.0. The van der Waals surface area contributed by atoms with Gasteiger partial charge in [0, 0.05) is 11.4 Å². The number of amides is 1. The quantitative estimate of drug-likeness (QED) is 0.467. The highest BCUT2D eigenvalue weighted by Crippen LogP contribution is 2.25. The van der Waals surface area contributed by atoms with E-state index in [1.54, 1.807) is 42.5 Å². The highest BCUT2D eigenvalue weighted by Gasteiger charge is 2.29. The Labute approximate surface area is 207 Å². The van der Waals surface area contributed by atoms with E-state index < -0.39 is 32.0 Å². The normalized spacial score (nSPS) is 12.6. The molecule has 3 aromatic rings. The number of rotatable bonds is 8. The van der Waals surface area contributed by atoms with Gasteiger partial charge in [0.1, 0.15) is 6.04 Å². The Hall–Kier alpha value is -3.37. The fourth-order valence-corrected chi connectivity index (χ4v) is 5.70. The molecule has 1 amide bonds. The first-order valence-electron chi connectivity index (χ1n) is 10.8. The zero-order valence-electron chi connectivity index (χ0n) is 20.2. The molecule has 0 fully saturated rings. The zero-order valence-corrected chi connectivity index (χ0v) is 21.9. The molecule has 35 heavy (non-hydrogen) atoms. The van der Waals surface area contributed by atoms with Crippen molar-refractivity contribution in [3.05, 3.63) is 83.4 Å². The molecule has 2 N–H and O–H groups in total. The molecule has 0 spiro atoms. The Balaban J connectivity index is 1.77. The van der Waals surface area contributed by atoms with Crippen molar-refractivity contribution in [3.63, 3.8) is 0 Å². The Morgan fingerprint density at radius 1 is 0.800 bits per heavy atom. The predicted molar refractivity (Wildman–Crippen MR) is 140 cm³/mol. The molecular formula is C25H29N3O5S2. The Morgan fingerprint density at radius 3 is 1.91 bits per heavy atom. The lowest BCUT2D eigenvalue weighted by Gasteiger charge is -2.28. The largest absolute Gasteiger partial charge is 0.324 e. The number of nitrogens with zero attached hydrogens (tertiary/aromatic N) is 1. The van der Waals surface area contributed by atoms with Crippen LogP contribution in [0.1, 0.15) is 23.6 Å². The van der Waals surface area contributed by atoms with Gasteiger partial charge in [0.05, 0.1) is 16.8 Å². The van der Waals surface area contributed by atoms with Gasteiger partial charge in [0.2, 0.25) is 15.9 Å². The van der Waals surface area contributed by atoms with Crippen LogP contribution in [0.2, 0.25) is 0 Å². The summed E-state index contributed by atoms with van der Waals surface area (Å²) in [6.45, 7) is 7.19. The van der Waals surface area contributed by atoms with Gasteiger partial charge in [-0.25, -0.2) is 16.8 Å². The van der Waals surface area contributed by atoms with E-state index in [1.807, 2.05) is 20.8 Å². The van der Waals surface area contributed by atoms with E-state index in [2.05, 4.69) is 10.0 Å². The van der Waals surface area contributed by atoms with Gasteiger partial charge in [0.25, 0.3) is 10.0 Å². The maximum Gasteiger partial charge on any atom is 0.261 e. The zero-order chi connectivity index (χ0) is 26.0. The lowest BCUT2D eigenvalue weighted by atomic mass is 10.1. The molecule has 0 aliphatic heterocycles. The first-order chi connectivity index (χ1) is 16.3. The van der Waals surface area contributed by atoms with Crippen molar-refractivity contribution >= 4 is 43.0 Å². The monoisotopic (exact) mass is 515 g/mol. The molecule has 0 radical (unpaired) electrons. The molecule has 0 bridgehead atoms. The first kappa shape index (κ1) is 26.2. The third-order valence-corrected chi connectivity index (χ3v) is 8.21. The number of anilines is 3. The highest BCUT2D eigenvalue weighted by molar-refractivity contribution is 7.92. The van der Waals surface area contributed by atoms with Crippen LogP contribution in [0.15, 0.2) is 71.6 Å². The molecule has 0 saturated carbocycles. The third-order valence-electron chi connectivity index (χ3n) is 5.57. The van der Waals surface area contributed by atoms with E-state index in [1.165, 1.54) is 31.2 Å². The molecule has 1 atom stereocenters. The fourth-order valence-electron chi connectivity index (χ4n) is 3.47. The van der Waals surface area contributed by atoms with Crippen LogP contribution in [0.5, 0.6) is 0 Å². The summed E-state index contributed by atoms with van der Waals surface area (Å²) in [5, 5.41) is 2.66. The lowest BCUT2D eigenvalue weighted by Crippen LogP contribution is -2.45. The van der Waals surface area contributed by atoms with Crippen LogP contribution in [0.25, 0.3) is 0 Å². The number of carbonyl (C=O) groups excluding carboxylic acids is 1. The first-order valence-corrected chi connectivity index (χ1v) is 14.2. The van der Waals surface area contributed by atoms with E-state index in [0.29, 0.717) is 17.1 Å². The fraction of sp³-hybridized carbons (Fsp3) is 0.240. The molecule has 0 aromatic heterocycles. The van der Waals surface area contributed by atoms with Crippen LogP contribution in [0.3, 0.4) is 0 Å². The average Bonchev–Trinajstić information content (AvgIpc) is 2.77.